The molecule has 34 heavy (non-hydrogen) atoms. The van der Waals surface area contributed by atoms with Crippen molar-refractivity contribution in [2.45, 2.75) is 12.6 Å². The lowest BCUT2D eigenvalue weighted by Crippen LogP contribution is -2.44. The standard InChI is InChI=1S/C30H27N3O/c34-28(22-33(26-17-9-3-10-18-26)27-19-11-4-12-20-27)21-32-23-31-29(24-13-5-1-6-14-24)30(32)25-15-7-2-8-16-25/h1-20,23,28,34H,21-22H2/p+1. The van der Waals surface area contributed by atoms with Gasteiger partial charge in [0.2, 0.25) is 6.33 Å². The van der Waals surface area contributed by atoms with Gasteiger partial charge in [0.15, 0.2) is 11.4 Å². The Morgan fingerprint density at radius 1 is 0.647 bits per heavy atom. The Kier molecular flexibility index (Phi) is 6.50. The number of anilines is 2. The van der Waals surface area contributed by atoms with Gasteiger partial charge < -0.3 is 10.0 Å². The molecule has 4 nitrogen and oxygen atoms in total. The fraction of sp³-hybridized carbons (Fsp3) is 0.100. The molecule has 5 aromatic rings. The quantitative estimate of drug-likeness (QED) is 0.294. The smallest absolute Gasteiger partial charge is 0.242 e. The number of aliphatic hydroxyl groups is 1. The number of hydrogen-bond donors (Lipinski definition) is 2. The molecule has 0 amide bonds. The third kappa shape index (κ3) is 4.77. The van der Waals surface area contributed by atoms with E-state index >= 15 is 0 Å². The van der Waals surface area contributed by atoms with Gasteiger partial charge in [0.1, 0.15) is 12.6 Å². The fourth-order valence-corrected chi connectivity index (χ4v) is 4.37. The highest BCUT2D eigenvalue weighted by Crippen LogP contribution is 2.28. The molecule has 0 saturated carbocycles. The number of rotatable bonds is 8. The lowest BCUT2D eigenvalue weighted by molar-refractivity contribution is -0.691. The predicted octanol–water partition coefficient (Wildman–Crippen LogP) is 5.84. The number of aromatic nitrogens is 2. The van der Waals surface area contributed by atoms with Gasteiger partial charge in [-0.2, -0.15) is 0 Å². The van der Waals surface area contributed by atoms with Crippen LogP contribution in [0.5, 0.6) is 0 Å². The normalized spacial score (nSPS) is 11.8. The van der Waals surface area contributed by atoms with E-state index in [0.717, 1.165) is 33.9 Å². The highest BCUT2D eigenvalue weighted by molar-refractivity contribution is 5.75. The molecule has 0 spiro atoms. The first-order valence-electron chi connectivity index (χ1n) is 11.6. The van der Waals surface area contributed by atoms with Crippen LogP contribution in [0.3, 0.4) is 0 Å². The molecule has 0 bridgehead atoms. The SMILES string of the molecule is OC(CN(c1ccccc1)c1ccccc1)C[n+]1c[nH]c(-c2ccccc2)c1-c1ccccc1. The van der Waals surface area contributed by atoms with Crippen LogP contribution < -0.4 is 9.47 Å². The van der Waals surface area contributed by atoms with Crippen molar-refractivity contribution in [1.82, 2.24) is 4.98 Å². The number of hydrogen-bond acceptors (Lipinski definition) is 2. The first-order chi connectivity index (χ1) is 16.8. The van der Waals surface area contributed by atoms with Crippen molar-refractivity contribution in [1.29, 1.82) is 0 Å². The van der Waals surface area contributed by atoms with E-state index < -0.39 is 6.10 Å². The average Bonchev–Trinajstić information content (AvgIpc) is 3.32. The highest BCUT2D eigenvalue weighted by Gasteiger charge is 2.24. The fourth-order valence-electron chi connectivity index (χ4n) is 4.37. The average molecular weight is 447 g/mol. The van der Waals surface area contributed by atoms with Crippen LogP contribution in [0.1, 0.15) is 0 Å². The highest BCUT2D eigenvalue weighted by atomic mass is 16.3. The van der Waals surface area contributed by atoms with E-state index in [-0.39, 0.29) is 0 Å². The molecule has 0 radical (unpaired) electrons. The maximum atomic E-state index is 11.3. The summed E-state index contributed by atoms with van der Waals surface area (Å²) in [7, 11) is 0. The summed E-state index contributed by atoms with van der Waals surface area (Å²) >= 11 is 0. The number of para-hydroxylation sites is 2. The molecule has 4 aromatic carbocycles. The molecule has 4 heteroatoms. The molecule has 1 atom stereocenters. The van der Waals surface area contributed by atoms with Gasteiger partial charge in [0, 0.05) is 22.5 Å². The van der Waals surface area contributed by atoms with Crippen molar-refractivity contribution in [2.75, 3.05) is 11.4 Å². The van der Waals surface area contributed by atoms with E-state index in [0.29, 0.717) is 13.1 Å². The van der Waals surface area contributed by atoms with Gasteiger partial charge in [0.25, 0.3) is 0 Å². The number of nitrogens with zero attached hydrogens (tertiary/aromatic N) is 2. The Bertz CT molecular complexity index is 1260. The second kappa shape index (κ2) is 10.2. The van der Waals surface area contributed by atoms with Crippen LogP contribution in [0, 0.1) is 0 Å². The van der Waals surface area contributed by atoms with Gasteiger partial charge in [-0.25, -0.2) is 9.55 Å². The lowest BCUT2D eigenvalue weighted by Gasteiger charge is -2.27. The van der Waals surface area contributed by atoms with Crippen LogP contribution in [0.2, 0.25) is 0 Å². The van der Waals surface area contributed by atoms with Crippen LogP contribution in [0.15, 0.2) is 128 Å². The zero-order chi connectivity index (χ0) is 23.2. The minimum Gasteiger partial charge on any atom is -0.387 e. The van der Waals surface area contributed by atoms with Crippen LogP contribution in [-0.4, -0.2) is 22.7 Å². The Hall–Kier alpha value is -4.15. The maximum absolute atomic E-state index is 11.3. The summed E-state index contributed by atoms with van der Waals surface area (Å²) < 4.78 is 2.12. The number of H-pyrrole nitrogens is 1. The Labute approximate surface area is 200 Å². The van der Waals surface area contributed by atoms with Gasteiger partial charge >= 0.3 is 0 Å². The van der Waals surface area contributed by atoms with Crippen LogP contribution in [0.4, 0.5) is 11.4 Å². The van der Waals surface area contributed by atoms with Crippen LogP contribution in [-0.2, 0) is 6.54 Å². The van der Waals surface area contributed by atoms with E-state index in [9.17, 15) is 5.11 Å². The van der Waals surface area contributed by atoms with Gasteiger partial charge in [-0.1, -0.05) is 97.1 Å². The van der Waals surface area contributed by atoms with Gasteiger partial charge in [-0.05, 0) is 24.3 Å². The van der Waals surface area contributed by atoms with Crippen molar-refractivity contribution in [3.8, 4) is 22.5 Å². The van der Waals surface area contributed by atoms with E-state index in [1.807, 2.05) is 79.1 Å². The number of aliphatic hydroxyl groups excluding tert-OH is 1. The first-order valence-corrected chi connectivity index (χ1v) is 11.6. The largest absolute Gasteiger partial charge is 0.387 e. The summed E-state index contributed by atoms with van der Waals surface area (Å²) in [6.07, 6.45) is 1.37. The number of benzene rings is 4. The number of nitrogens with one attached hydrogen (secondary N) is 1. The molecule has 1 unspecified atom stereocenters. The van der Waals surface area contributed by atoms with E-state index in [1.54, 1.807) is 0 Å². The second-order valence-electron chi connectivity index (χ2n) is 8.32. The Morgan fingerprint density at radius 2 is 1.12 bits per heavy atom. The molecule has 0 aliphatic carbocycles. The third-order valence-corrected chi connectivity index (χ3v) is 5.93. The number of aromatic amines is 1. The maximum Gasteiger partial charge on any atom is 0.242 e. The topological polar surface area (TPSA) is 43.1 Å². The summed E-state index contributed by atoms with van der Waals surface area (Å²) in [6.45, 7) is 0.935. The zero-order valence-corrected chi connectivity index (χ0v) is 19.0. The molecule has 1 heterocycles. The van der Waals surface area contributed by atoms with Crippen molar-refractivity contribution < 1.29 is 9.67 Å². The number of imidazole rings is 1. The third-order valence-electron chi connectivity index (χ3n) is 5.93. The van der Waals surface area contributed by atoms with Crippen LogP contribution >= 0.6 is 0 Å². The lowest BCUT2D eigenvalue weighted by atomic mass is 10.0. The van der Waals surface area contributed by atoms with Crippen molar-refractivity contribution in [3.05, 3.63) is 128 Å². The summed E-state index contributed by atoms with van der Waals surface area (Å²) in [6, 6.07) is 41.1. The second-order valence-corrected chi connectivity index (χ2v) is 8.32. The summed E-state index contributed by atoms with van der Waals surface area (Å²) in [5.41, 5.74) is 6.45. The summed E-state index contributed by atoms with van der Waals surface area (Å²) in [5.74, 6) is 0. The molecule has 0 saturated heterocycles. The monoisotopic (exact) mass is 446 g/mol. The van der Waals surface area contributed by atoms with Gasteiger partial charge in [-0.15, -0.1) is 0 Å². The van der Waals surface area contributed by atoms with E-state index in [4.69, 9.17) is 0 Å². The van der Waals surface area contributed by atoms with Gasteiger partial charge in [0.05, 0.1) is 6.54 Å². The molecule has 5 rings (SSSR count). The van der Waals surface area contributed by atoms with Gasteiger partial charge in [-0.3, -0.25) is 0 Å². The molecule has 2 N–H and O–H groups in total. The molecule has 168 valence electrons. The minimum absolute atomic E-state index is 0.462. The summed E-state index contributed by atoms with van der Waals surface area (Å²) in [4.78, 5) is 5.61. The molecule has 0 aliphatic heterocycles. The van der Waals surface area contributed by atoms with Crippen molar-refractivity contribution >= 4 is 11.4 Å². The molecule has 0 fully saturated rings. The summed E-state index contributed by atoms with van der Waals surface area (Å²) in [5, 5.41) is 11.3. The Morgan fingerprint density at radius 3 is 1.65 bits per heavy atom. The molecule has 0 aliphatic rings. The predicted molar refractivity (Wildman–Crippen MR) is 138 cm³/mol. The molecule has 1 aromatic heterocycles. The molecular formula is C30H28N3O+. The van der Waals surface area contributed by atoms with Crippen molar-refractivity contribution in [3.63, 3.8) is 0 Å². The Balaban J connectivity index is 1.46. The zero-order valence-electron chi connectivity index (χ0n) is 19.0. The van der Waals surface area contributed by atoms with E-state index in [1.165, 1.54) is 0 Å². The minimum atomic E-state index is -0.590. The molecular weight excluding hydrogens is 418 g/mol. The van der Waals surface area contributed by atoms with Crippen molar-refractivity contribution in [2.24, 2.45) is 0 Å². The van der Waals surface area contributed by atoms with E-state index in [2.05, 4.69) is 63.0 Å². The van der Waals surface area contributed by atoms with Crippen LogP contribution in [0.25, 0.3) is 22.5 Å². The first kappa shape index (κ1) is 21.7.